The van der Waals surface area contributed by atoms with Crippen molar-refractivity contribution in [1.82, 2.24) is 5.32 Å². The van der Waals surface area contributed by atoms with Crippen molar-refractivity contribution in [1.29, 1.82) is 0 Å². The second kappa shape index (κ2) is 7.76. The van der Waals surface area contributed by atoms with Crippen LogP contribution >= 0.6 is 0 Å². The van der Waals surface area contributed by atoms with E-state index in [-0.39, 0.29) is 24.2 Å². The lowest BCUT2D eigenvalue weighted by Gasteiger charge is -2.17. The minimum Gasteiger partial charge on any atom is -0.396 e. The highest BCUT2D eigenvalue weighted by Gasteiger charge is 2.19. The van der Waals surface area contributed by atoms with Gasteiger partial charge < -0.3 is 10.4 Å². The fourth-order valence-electron chi connectivity index (χ4n) is 2.46. The van der Waals surface area contributed by atoms with Gasteiger partial charge in [0.2, 0.25) is 0 Å². The predicted molar refractivity (Wildman–Crippen MR) is 82.6 cm³/mol. The van der Waals surface area contributed by atoms with Gasteiger partial charge in [-0.05, 0) is 32.4 Å². The Balaban J connectivity index is 2.77. The van der Waals surface area contributed by atoms with Crippen LogP contribution in [-0.2, 0) is 15.6 Å². The van der Waals surface area contributed by atoms with Crippen LogP contribution in [0.1, 0.15) is 30.0 Å². The quantitative estimate of drug-likeness (QED) is 0.765. The zero-order valence-corrected chi connectivity index (χ0v) is 13.3. The van der Waals surface area contributed by atoms with Crippen molar-refractivity contribution in [3.63, 3.8) is 0 Å². The number of hydrogen-bond donors (Lipinski definition) is 2. The van der Waals surface area contributed by atoms with Crippen molar-refractivity contribution in [2.75, 3.05) is 18.9 Å². The number of benzene rings is 1. The summed E-state index contributed by atoms with van der Waals surface area (Å²) >= 11 is 0. The molecule has 2 N–H and O–H groups in total. The summed E-state index contributed by atoms with van der Waals surface area (Å²) in [4.78, 5) is 0. The number of sulfone groups is 1. The summed E-state index contributed by atoms with van der Waals surface area (Å²) in [7, 11) is -3.19. The van der Waals surface area contributed by atoms with E-state index in [1.807, 2.05) is 39.0 Å². The van der Waals surface area contributed by atoms with Gasteiger partial charge in [0.1, 0.15) is 0 Å². The highest BCUT2D eigenvalue weighted by atomic mass is 32.2. The van der Waals surface area contributed by atoms with E-state index >= 15 is 0 Å². The average molecular weight is 299 g/mol. The number of nitrogens with one attached hydrogen (secondary N) is 1. The molecular formula is C15H25NO3S. The van der Waals surface area contributed by atoms with E-state index in [1.165, 1.54) is 0 Å². The van der Waals surface area contributed by atoms with Crippen molar-refractivity contribution in [2.24, 2.45) is 0 Å². The van der Waals surface area contributed by atoms with E-state index in [9.17, 15) is 8.42 Å². The second-order valence-electron chi connectivity index (χ2n) is 5.32. The van der Waals surface area contributed by atoms with Crippen molar-refractivity contribution in [2.45, 2.75) is 39.0 Å². The predicted octanol–water partition coefficient (Wildman–Crippen LogP) is 1.58. The summed E-state index contributed by atoms with van der Waals surface area (Å²) in [6.07, 6.45) is 0.458. The Morgan fingerprint density at radius 2 is 1.80 bits per heavy atom. The maximum absolute atomic E-state index is 12.3. The van der Waals surface area contributed by atoms with Crippen molar-refractivity contribution in [3.8, 4) is 0 Å². The standard InChI is InChI=1S/C15H25NO3S/c1-4-16-15(5-6-17)11-20(18,19)10-14-8-12(2)7-13(3)9-14/h7-9,15-17H,4-6,10-11H2,1-3H3. The Bertz CT molecular complexity index is 500. The Morgan fingerprint density at radius 1 is 1.20 bits per heavy atom. The zero-order chi connectivity index (χ0) is 15.2. The van der Waals surface area contributed by atoms with Crippen LogP contribution in [0.2, 0.25) is 0 Å². The van der Waals surface area contributed by atoms with E-state index in [2.05, 4.69) is 5.32 Å². The van der Waals surface area contributed by atoms with Crippen LogP contribution in [-0.4, -0.2) is 38.5 Å². The molecule has 0 saturated carbocycles. The van der Waals surface area contributed by atoms with Crippen LogP contribution in [0, 0.1) is 13.8 Å². The molecule has 0 heterocycles. The summed E-state index contributed by atoms with van der Waals surface area (Å²) in [5, 5.41) is 12.1. The third-order valence-corrected chi connectivity index (χ3v) is 4.78. The van der Waals surface area contributed by atoms with E-state index in [4.69, 9.17) is 5.11 Å². The molecule has 5 heteroatoms. The first kappa shape index (κ1) is 17.1. The van der Waals surface area contributed by atoms with Gasteiger partial charge in [0.25, 0.3) is 0 Å². The van der Waals surface area contributed by atoms with E-state index in [1.54, 1.807) is 0 Å². The molecule has 0 fully saturated rings. The van der Waals surface area contributed by atoms with Crippen molar-refractivity contribution < 1.29 is 13.5 Å². The number of aryl methyl sites for hydroxylation is 2. The largest absolute Gasteiger partial charge is 0.396 e. The fourth-order valence-corrected chi connectivity index (χ4v) is 4.15. The van der Waals surface area contributed by atoms with Crippen LogP contribution in [0.25, 0.3) is 0 Å². The second-order valence-corrected chi connectivity index (χ2v) is 7.43. The van der Waals surface area contributed by atoms with Gasteiger partial charge in [-0.1, -0.05) is 36.2 Å². The molecule has 4 nitrogen and oxygen atoms in total. The van der Waals surface area contributed by atoms with Crippen LogP contribution in [0.5, 0.6) is 0 Å². The molecule has 0 aliphatic carbocycles. The topological polar surface area (TPSA) is 66.4 Å². The first-order valence-electron chi connectivity index (χ1n) is 6.98. The third-order valence-electron chi connectivity index (χ3n) is 3.09. The molecule has 0 spiro atoms. The van der Waals surface area contributed by atoms with Gasteiger partial charge >= 0.3 is 0 Å². The molecule has 0 radical (unpaired) electrons. The first-order valence-corrected chi connectivity index (χ1v) is 8.80. The lowest BCUT2D eigenvalue weighted by atomic mass is 10.1. The number of hydrogen-bond acceptors (Lipinski definition) is 4. The summed E-state index contributed by atoms with van der Waals surface area (Å²) < 4.78 is 24.5. The van der Waals surface area contributed by atoms with Gasteiger partial charge in [-0.25, -0.2) is 8.42 Å². The molecule has 1 rings (SSSR count). The highest BCUT2D eigenvalue weighted by molar-refractivity contribution is 7.90. The van der Waals surface area contributed by atoms with Gasteiger partial charge in [-0.15, -0.1) is 0 Å². The maximum atomic E-state index is 12.3. The van der Waals surface area contributed by atoms with Crippen LogP contribution in [0.4, 0.5) is 0 Å². The SMILES string of the molecule is CCNC(CCO)CS(=O)(=O)Cc1cc(C)cc(C)c1. The molecule has 0 amide bonds. The molecule has 1 aromatic carbocycles. The molecule has 1 aromatic rings. The molecule has 0 aliphatic rings. The van der Waals surface area contributed by atoms with Gasteiger partial charge in [0, 0.05) is 12.6 Å². The average Bonchev–Trinajstić information content (AvgIpc) is 2.26. The minimum absolute atomic E-state index is 0.00323. The van der Waals surface area contributed by atoms with Crippen LogP contribution in [0.3, 0.4) is 0 Å². The minimum atomic E-state index is -3.19. The molecule has 0 aliphatic heterocycles. The maximum Gasteiger partial charge on any atom is 0.155 e. The summed E-state index contributed by atoms with van der Waals surface area (Å²) in [5.74, 6) is 0.122. The smallest absolute Gasteiger partial charge is 0.155 e. The van der Waals surface area contributed by atoms with Gasteiger partial charge in [0.15, 0.2) is 9.84 Å². The highest BCUT2D eigenvalue weighted by Crippen LogP contribution is 2.13. The van der Waals surface area contributed by atoms with Gasteiger partial charge in [-0.2, -0.15) is 0 Å². The van der Waals surface area contributed by atoms with Crippen molar-refractivity contribution in [3.05, 3.63) is 34.9 Å². The molecular weight excluding hydrogens is 274 g/mol. The van der Waals surface area contributed by atoms with Crippen LogP contribution < -0.4 is 5.32 Å². The Morgan fingerprint density at radius 3 is 2.30 bits per heavy atom. The van der Waals surface area contributed by atoms with E-state index in [0.29, 0.717) is 13.0 Å². The van der Waals surface area contributed by atoms with Gasteiger partial charge in [0.05, 0.1) is 11.5 Å². The lowest BCUT2D eigenvalue weighted by molar-refractivity contribution is 0.270. The van der Waals surface area contributed by atoms with Crippen molar-refractivity contribution >= 4 is 9.84 Å². The van der Waals surface area contributed by atoms with E-state index < -0.39 is 9.84 Å². The van der Waals surface area contributed by atoms with E-state index in [0.717, 1.165) is 16.7 Å². The van der Waals surface area contributed by atoms with Crippen LogP contribution in [0.15, 0.2) is 18.2 Å². The Labute approximate surface area is 122 Å². The summed E-state index contributed by atoms with van der Waals surface area (Å²) in [6, 6.07) is 5.68. The fraction of sp³-hybridized carbons (Fsp3) is 0.600. The molecule has 20 heavy (non-hydrogen) atoms. The number of rotatable bonds is 8. The van der Waals surface area contributed by atoms with Gasteiger partial charge in [-0.3, -0.25) is 0 Å². The summed E-state index contributed by atoms with van der Waals surface area (Å²) in [6.45, 7) is 6.56. The molecule has 114 valence electrons. The Hall–Kier alpha value is -0.910. The zero-order valence-electron chi connectivity index (χ0n) is 12.5. The molecule has 0 aromatic heterocycles. The monoisotopic (exact) mass is 299 g/mol. The molecule has 0 bridgehead atoms. The third kappa shape index (κ3) is 6.03. The Kier molecular flexibility index (Phi) is 6.65. The normalized spacial score (nSPS) is 13.4. The molecule has 1 unspecified atom stereocenters. The summed E-state index contributed by atoms with van der Waals surface area (Å²) in [5.41, 5.74) is 2.99. The molecule has 1 atom stereocenters. The number of aliphatic hydroxyl groups excluding tert-OH is 1. The lowest BCUT2D eigenvalue weighted by Crippen LogP contribution is -2.36. The first-order chi connectivity index (χ1) is 9.36. The molecule has 0 saturated heterocycles. The number of aliphatic hydroxyl groups is 1.